The van der Waals surface area contributed by atoms with Crippen molar-refractivity contribution in [3.05, 3.63) is 31.8 Å². The van der Waals surface area contributed by atoms with Crippen molar-refractivity contribution >= 4 is 38.5 Å². The van der Waals surface area contributed by atoms with Crippen LogP contribution >= 0.6 is 38.5 Å². The molecule has 1 atom stereocenters. The van der Waals surface area contributed by atoms with E-state index in [2.05, 4.69) is 50.7 Å². The first-order valence-corrected chi connectivity index (χ1v) is 5.66. The topological polar surface area (TPSA) is 26.0 Å². The SMILES string of the molecule is C[C@H](N)Cc1cc(Br)ccc1I. The number of hydrogen-bond donors (Lipinski definition) is 1. The van der Waals surface area contributed by atoms with Crippen LogP contribution in [0.25, 0.3) is 0 Å². The van der Waals surface area contributed by atoms with E-state index in [1.54, 1.807) is 0 Å². The maximum atomic E-state index is 5.72. The van der Waals surface area contributed by atoms with Crippen molar-refractivity contribution in [2.45, 2.75) is 19.4 Å². The lowest BCUT2D eigenvalue weighted by atomic mass is 10.1. The Bertz CT molecular complexity index is 273. The van der Waals surface area contributed by atoms with Gasteiger partial charge >= 0.3 is 0 Å². The van der Waals surface area contributed by atoms with Gasteiger partial charge in [-0.2, -0.15) is 0 Å². The summed E-state index contributed by atoms with van der Waals surface area (Å²) in [5, 5.41) is 0. The zero-order valence-electron chi connectivity index (χ0n) is 6.85. The molecule has 0 unspecified atom stereocenters. The third-order valence-electron chi connectivity index (χ3n) is 1.55. The second-order valence-electron chi connectivity index (χ2n) is 2.92. The molecule has 2 N–H and O–H groups in total. The van der Waals surface area contributed by atoms with Crippen LogP contribution in [0.1, 0.15) is 12.5 Å². The van der Waals surface area contributed by atoms with Crippen LogP contribution < -0.4 is 5.73 Å². The van der Waals surface area contributed by atoms with Gasteiger partial charge in [0.15, 0.2) is 0 Å². The molecule has 12 heavy (non-hydrogen) atoms. The van der Waals surface area contributed by atoms with E-state index < -0.39 is 0 Å². The molecular weight excluding hydrogens is 329 g/mol. The lowest BCUT2D eigenvalue weighted by Crippen LogP contribution is -2.18. The Morgan fingerprint density at radius 1 is 1.58 bits per heavy atom. The number of benzene rings is 1. The fourth-order valence-electron chi connectivity index (χ4n) is 1.05. The summed E-state index contributed by atoms with van der Waals surface area (Å²) in [4.78, 5) is 0. The Morgan fingerprint density at radius 2 is 2.25 bits per heavy atom. The first kappa shape index (κ1) is 10.5. The van der Waals surface area contributed by atoms with Gasteiger partial charge < -0.3 is 5.73 Å². The lowest BCUT2D eigenvalue weighted by Gasteiger charge is -2.07. The standard InChI is InChI=1S/C9H11BrIN/c1-6(12)4-7-5-8(10)2-3-9(7)11/h2-3,5-6H,4,12H2,1H3/t6-/m0/s1. The first-order valence-electron chi connectivity index (χ1n) is 3.79. The zero-order chi connectivity index (χ0) is 9.14. The van der Waals surface area contributed by atoms with E-state index in [4.69, 9.17) is 5.73 Å². The predicted octanol–water partition coefficient (Wildman–Crippen LogP) is 2.94. The average Bonchev–Trinajstić information content (AvgIpc) is 1.96. The third-order valence-corrected chi connectivity index (χ3v) is 3.10. The molecule has 1 aromatic rings. The van der Waals surface area contributed by atoms with Gasteiger partial charge in [-0.15, -0.1) is 0 Å². The Balaban J connectivity index is 2.90. The number of rotatable bonds is 2. The van der Waals surface area contributed by atoms with E-state index in [9.17, 15) is 0 Å². The Morgan fingerprint density at radius 3 is 2.83 bits per heavy atom. The predicted molar refractivity (Wildman–Crippen MR) is 64.2 cm³/mol. The molecule has 0 aliphatic rings. The van der Waals surface area contributed by atoms with E-state index >= 15 is 0 Å². The second kappa shape index (κ2) is 4.58. The van der Waals surface area contributed by atoms with Crippen LogP contribution in [-0.2, 0) is 6.42 Å². The van der Waals surface area contributed by atoms with Gasteiger partial charge in [-0.1, -0.05) is 15.9 Å². The summed E-state index contributed by atoms with van der Waals surface area (Å²) in [5.74, 6) is 0. The molecule has 0 amide bonds. The first-order chi connectivity index (χ1) is 5.59. The maximum absolute atomic E-state index is 5.72. The summed E-state index contributed by atoms with van der Waals surface area (Å²) < 4.78 is 2.41. The summed E-state index contributed by atoms with van der Waals surface area (Å²) in [6.07, 6.45) is 0.942. The van der Waals surface area contributed by atoms with Crippen LogP contribution in [0.5, 0.6) is 0 Å². The van der Waals surface area contributed by atoms with Crippen LogP contribution in [0, 0.1) is 3.57 Å². The van der Waals surface area contributed by atoms with Gasteiger partial charge in [0.1, 0.15) is 0 Å². The number of halogens is 2. The Labute approximate surface area is 95.0 Å². The molecule has 1 aromatic carbocycles. The minimum Gasteiger partial charge on any atom is -0.328 e. The van der Waals surface area contributed by atoms with E-state index in [0.717, 1.165) is 10.9 Å². The fourth-order valence-corrected chi connectivity index (χ4v) is 2.01. The summed E-state index contributed by atoms with van der Waals surface area (Å²) in [6.45, 7) is 2.02. The zero-order valence-corrected chi connectivity index (χ0v) is 10.6. The Hall–Kier alpha value is 0.390. The highest BCUT2D eigenvalue weighted by Gasteiger charge is 2.02. The molecule has 0 radical (unpaired) electrons. The largest absolute Gasteiger partial charge is 0.328 e. The van der Waals surface area contributed by atoms with Crippen molar-refractivity contribution in [1.29, 1.82) is 0 Å². The normalized spacial score (nSPS) is 13.0. The van der Waals surface area contributed by atoms with E-state index in [1.165, 1.54) is 9.13 Å². The molecule has 0 aliphatic heterocycles. The molecule has 0 saturated heterocycles. The summed E-state index contributed by atoms with van der Waals surface area (Å²) in [7, 11) is 0. The molecule has 0 heterocycles. The molecule has 1 rings (SSSR count). The Kier molecular flexibility index (Phi) is 3.99. The molecule has 0 spiro atoms. The average molecular weight is 340 g/mol. The van der Waals surface area contributed by atoms with Gasteiger partial charge in [0.25, 0.3) is 0 Å². The van der Waals surface area contributed by atoms with Gasteiger partial charge in [-0.05, 0) is 59.7 Å². The molecule has 0 aliphatic carbocycles. The van der Waals surface area contributed by atoms with Crippen molar-refractivity contribution in [1.82, 2.24) is 0 Å². The molecule has 3 heteroatoms. The van der Waals surface area contributed by atoms with E-state index in [1.807, 2.05) is 13.0 Å². The van der Waals surface area contributed by atoms with Crippen molar-refractivity contribution in [3.63, 3.8) is 0 Å². The molecular formula is C9H11BrIN. The minimum atomic E-state index is 0.229. The lowest BCUT2D eigenvalue weighted by molar-refractivity contribution is 0.735. The van der Waals surface area contributed by atoms with Crippen molar-refractivity contribution in [2.24, 2.45) is 5.73 Å². The van der Waals surface area contributed by atoms with Crippen LogP contribution in [0.4, 0.5) is 0 Å². The summed E-state index contributed by atoms with van der Waals surface area (Å²) in [5.41, 5.74) is 7.04. The second-order valence-corrected chi connectivity index (χ2v) is 5.00. The molecule has 1 nitrogen and oxygen atoms in total. The van der Waals surface area contributed by atoms with Crippen LogP contribution in [0.3, 0.4) is 0 Å². The summed E-state index contributed by atoms with van der Waals surface area (Å²) in [6, 6.07) is 6.51. The quantitative estimate of drug-likeness (QED) is 0.824. The van der Waals surface area contributed by atoms with Gasteiger partial charge in [0.2, 0.25) is 0 Å². The minimum absolute atomic E-state index is 0.229. The maximum Gasteiger partial charge on any atom is 0.0178 e. The third kappa shape index (κ3) is 3.03. The molecule has 0 fully saturated rings. The molecule has 0 bridgehead atoms. The molecule has 0 aromatic heterocycles. The van der Waals surface area contributed by atoms with Gasteiger partial charge in [0, 0.05) is 14.1 Å². The number of hydrogen-bond acceptors (Lipinski definition) is 1. The smallest absolute Gasteiger partial charge is 0.0178 e. The fraction of sp³-hybridized carbons (Fsp3) is 0.333. The van der Waals surface area contributed by atoms with Gasteiger partial charge in [-0.3, -0.25) is 0 Å². The highest BCUT2D eigenvalue weighted by molar-refractivity contribution is 14.1. The monoisotopic (exact) mass is 339 g/mol. The molecule has 0 saturated carbocycles. The van der Waals surface area contributed by atoms with Gasteiger partial charge in [-0.25, -0.2) is 0 Å². The van der Waals surface area contributed by atoms with E-state index in [0.29, 0.717) is 0 Å². The van der Waals surface area contributed by atoms with Crippen LogP contribution in [-0.4, -0.2) is 6.04 Å². The highest BCUT2D eigenvalue weighted by atomic mass is 127. The van der Waals surface area contributed by atoms with Crippen molar-refractivity contribution in [2.75, 3.05) is 0 Å². The van der Waals surface area contributed by atoms with Gasteiger partial charge in [0.05, 0.1) is 0 Å². The van der Waals surface area contributed by atoms with Crippen molar-refractivity contribution < 1.29 is 0 Å². The van der Waals surface area contributed by atoms with E-state index in [-0.39, 0.29) is 6.04 Å². The number of nitrogens with two attached hydrogens (primary N) is 1. The highest BCUT2D eigenvalue weighted by Crippen LogP contribution is 2.19. The summed E-state index contributed by atoms with van der Waals surface area (Å²) >= 11 is 5.78. The van der Waals surface area contributed by atoms with Crippen LogP contribution in [0.15, 0.2) is 22.7 Å². The van der Waals surface area contributed by atoms with Crippen LogP contribution in [0.2, 0.25) is 0 Å². The van der Waals surface area contributed by atoms with Crippen molar-refractivity contribution in [3.8, 4) is 0 Å². The molecule has 66 valence electrons.